The monoisotopic (exact) mass is 248 g/mol. The van der Waals surface area contributed by atoms with Gasteiger partial charge in [-0.05, 0) is 12.8 Å². The third kappa shape index (κ3) is 2.78. The first kappa shape index (κ1) is 10.6. The van der Waals surface area contributed by atoms with Crippen molar-refractivity contribution >= 4 is 32.4 Å². The van der Waals surface area contributed by atoms with Gasteiger partial charge in [-0.15, -0.1) is 0 Å². The second-order valence-corrected chi connectivity index (χ2v) is 6.54. The molecule has 6 nitrogen and oxygen atoms in total. The van der Waals surface area contributed by atoms with Crippen molar-refractivity contribution in [2.24, 2.45) is 0 Å². The molecule has 2 rings (SSSR count). The highest BCUT2D eigenvalue weighted by Crippen LogP contribution is 2.19. The minimum absolute atomic E-state index is 0.0592. The fourth-order valence-electron chi connectivity index (χ4n) is 1.60. The molecule has 1 aromatic heterocycles. The van der Waals surface area contributed by atoms with Crippen LogP contribution < -0.4 is 11.1 Å². The summed E-state index contributed by atoms with van der Waals surface area (Å²) in [6.45, 7) is 0. The van der Waals surface area contributed by atoms with Gasteiger partial charge in [0.1, 0.15) is 0 Å². The van der Waals surface area contributed by atoms with Crippen molar-refractivity contribution in [3.8, 4) is 0 Å². The second kappa shape index (κ2) is 3.93. The molecule has 1 atom stereocenters. The topological polar surface area (TPSA) is 98.0 Å². The van der Waals surface area contributed by atoms with Crippen molar-refractivity contribution in [1.29, 1.82) is 0 Å². The standard InChI is InChI=1S/C7H12N4O2S2/c8-6-10-7(14-11-6)9-5-2-1-3-15(12,13)4-5/h5H,1-4H2,(H3,8,9,10,11). The number of nitrogens with zero attached hydrogens (tertiary/aromatic N) is 2. The van der Waals surface area contributed by atoms with E-state index in [1.165, 1.54) is 0 Å². The Hall–Kier alpha value is -0.890. The van der Waals surface area contributed by atoms with Gasteiger partial charge in [-0.25, -0.2) is 8.42 Å². The number of nitrogens with two attached hydrogens (primary N) is 1. The molecule has 1 unspecified atom stereocenters. The van der Waals surface area contributed by atoms with Gasteiger partial charge in [-0.2, -0.15) is 9.36 Å². The van der Waals surface area contributed by atoms with Crippen LogP contribution in [0.25, 0.3) is 0 Å². The molecule has 84 valence electrons. The minimum Gasteiger partial charge on any atom is -0.367 e. The fourth-order valence-corrected chi connectivity index (χ4v) is 3.82. The molecule has 0 amide bonds. The van der Waals surface area contributed by atoms with Crippen LogP contribution in [-0.2, 0) is 9.84 Å². The third-order valence-corrected chi connectivity index (χ3v) is 4.71. The lowest BCUT2D eigenvalue weighted by Gasteiger charge is -2.22. The largest absolute Gasteiger partial charge is 0.367 e. The molecule has 1 saturated heterocycles. The molecule has 0 radical (unpaired) electrons. The number of rotatable bonds is 2. The van der Waals surface area contributed by atoms with Crippen molar-refractivity contribution in [3.63, 3.8) is 0 Å². The van der Waals surface area contributed by atoms with Crippen molar-refractivity contribution in [2.45, 2.75) is 18.9 Å². The molecule has 0 spiro atoms. The predicted octanol–water partition coefficient (Wildman–Crippen LogP) is 0.109. The fraction of sp³-hybridized carbons (Fsp3) is 0.714. The molecule has 3 N–H and O–H groups in total. The summed E-state index contributed by atoms with van der Waals surface area (Å²) in [5.74, 6) is 0.691. The SMILES string of the molecule is Nc1nsc(NC2CCCS(=O)(=O)C2)n1. The quantitative estimate of drug-likeness (QED) is 0.771. The zero-order chi connectivity index (χ0) is 10.9. The summed E-state index contributed by atoms with van der Waals surface area (Å²) in [5.41, 5.74) is 5.37. The minimum atomic E-state index is -2.88. The van der Waals surface area contributed by atoms with Crippen LogP contribution in [0.2, 0.25) is 0 Å². The Morgan fingerprint density at radius 1 is 1.53 bits per heavy atom. The van der Waals surface area contributed by atoms with Crippen molar-refractivity contribution < 1.29 is 8.42 Å². The summed E-state index contributed by atoms with van der Waals surface area (Å²) in [4.78, 5) is 3.93. The van der Waals surface area contributed by atoms with Gasteiger partial charge in [0.15, 0.2) is 9.84 Å². The average Bonchev–Trinajstić information content (AvgIpc) is 2.49. The highest BCUT2D eigenvalue weighted by atomic mass is 32.2. The Bertz CT molecular complexity index is 442. The van der Waals surface area contributed by atoms with Crippen molar-refractivity contribution in [3.05, 3.63) is 0 Å². The highest BCUT2D eigenvalue weighted by molar-refractivity contribution is 7.91. The van der Waals surface area contributed by atoms with E-state index in [0.29, 0.717) is 17.3 Å². The first-order valence-corrected chi connectivity index (χ1v) is 7.21. The van der Waals surface area contributed by atoms with Crippen LogP contribution in [0.5, 0.6) is 0 Å². The van der Waals surface area contributed by atoms with Crippen LogP contribution in [0.1, 0.15) is 12.8 Å². The Balaban J connectivity index is 2.01. The van der Waals surface area contributed by atoms with E-state index in [9.17, 15) is 8.42 Å². The van der Waals surface area contributed by atoms with E-state index < -0.39 is 9.84 Å². The Morgan fingerprint density at radius 2 is 2.33 bits per heavy atom. The second-order valence-electron chi connectivity index (χ2n) is 3.56. The van der Waals surface area contributed by atoms with Gasteiger partial charge in [0, 0.05) is 17.6 Å². The van der Waals surface area contributed by atoms with E-state index in [1.807, 2.05) is 0 Å². The van der Waals surface area contributed by atoms with Crippen LogP contribution in [0, 0.1) is 0 Å². The van der Waals surface area contributed by atoms with Crippen molar-refractivity contribution in [1.82, 2.24) is 9.36 Å². The van der Waals surface area contributed by atoms with E-state index in [-0.39, 0.29) is 17.7 Å². The molecule has 1 aromatic rings. The molecule has 2 heterocycles. The maximum absolute atomic E-state index is 11.4. The van der Waals surface area contributed by atoms with Crippen LogP contribution in [-0.4, -0.2) is 35.3 Å². The van der Waals surface area contributed by atoms with E-state index in [2.05, 4.69) is 14.7 Å². The normalized spacial score (nSPS) is 24.9. The smallest absolute Gasteiger partial charge is 0.233 e. The molecule has 1 aliphatic rings. The molecular formula is C7H12N4O2S2. The molecule has 15 heavy (non-hydrogen) atoms. The van der Waals surface area contributed by atoms with E-state index in [0.717, 1.165) is 18.0 Å². The first-order valence-electron chi connectivity index (χ1n) is 4.61. The lowest BCUT2D eigenvalue weighted by molar-refractivity contribution is 0.562. The zero-order valence-electron chi connectivity index (χ0n) is 8.01. The number of hydrogen-bond acceptors (Lipinski definition) is 7. The molecule has 8 heteroatoms. The van der Waals surface area contributed by atoms with Crippen LogP contribution in [0.3, 0.4) is 0 Å². The van der Waals surface area contributed by atoms with Crippen molar-refractivity contribution in [2.75, 3.05) is 22.6 Å². The van der Waals surface area contributed by atoms with Crippen LogP contribution >= 0.6 is 11.5 Å². The summed E-state index contributed by atoms with van der Waals surface area (Å²) >= 11 is 1.15. The Kier molecular flexibility index (Phi) is 2.79. The molecule has 0 bridgehead atoms. The molecule has 0 aliphatic carbocycles. The summed E-state index contributed by atoms with van der Waals surface area (Å²) in [6.07, 6.45) is 1.55. The number of aromatic nitrogens is 2. The summed E-state index contributed by atoms with van der Waals surface area (Å²) in [5, 5.41) is 3.64. The van der Waals surface area contributed by atoms with Gasteiger partial charge in [0.05, 0.1) is 11.5 Å². The zero-order valence-corrected chi connectivity index (χ0v) is 9.64. The lowest BCUT2D eigenvalue weighted by atomic mass is 10.2. The lowest BCUT2D eigenvalue weighted by Crippen LogP contribution is -2.34. The van der Waals surface area contributed by atoms with Gasteiger partial charge in [0.25, 0.3) is 0 Å². The van der Waals surface area contributed by atoms with Crippen LogP contribution in [0.15, 0.2) is 0 Å². The molecule has 1 aliphatic heterocycles. The van der Waals surface area contributed by atoms with Gasteiger partial charge < -0.3 is 11.1 Å². The summed E-state index contributed by atoms with van der Waals surface area (Å²) in [7, 11) is -2.88. The number of sulfone groups is 1. The molecule has 0 saturated carbocycles. The van der Waals surface area contributed by atoms with Gasteiger partial charge in [0.2, 0.25) is 11.1 Å². The molecular weight excluding hydrogens is 236 g/mol. The Labute approximate surface area is 92.0 Å². The summed E-state index contributed by atoms with van der Waals surface area (Å²) < 4.78 is 26.5. The predicted molar refractivity (Wildman–Crippen MR) is 59.6 cm³/mol. The maximum atomic E-state index is 11.4. The van der Waals surface area contributed by atoms with Gasteiger partial charge in [-0.1, -0.05) is 0 Å². The number of nitrogens with one attached hydrogen (secondary N) is 1. The average molecular weight is 248 g/mol. The first-order chi connectivity index (χ1) is 7.05. The number of nitrogen functional groups attached to an aromatic ring is 1. The summed E-state index contributed by atoms with van der Waals surface area (Å²) in [6, 6.07) is -0.0592. The third-order valence-electron chi connectivity index (χ3n) is 2.23. The van der Waals surface area contributed by atoms with E-state index in [4.69, 9.17) is 5.73 Å². The van der Waals surface area contributed by atoms with Crippen LogP contribution in [0.4, 0.5) is 11.1 Å². The maximum Gasteiger partial charge on any atom is 0.233 e. The highest BCUT2D eigenvalue weighted by Gasteiger charge is 2.25. The number of anilines is 2. The van der Waals surface area contributed by atoms with Gasteiger partial charge >= 0.3 is 0 Å². The molecule has 1 fully saturated rings. The molecule has 0 aromatic carbocycles. The van der Waals surface area contributed by atoms with E-state index in [1.54, 1.807) is 0 Å². The Morgan fingerprint density at radius 3 is 2.93 bits per heavy atom. The van der Waals surface area contributed by atoms with Gasteiger partial charge in [-0.3, -0.25) is 0 Å². The number of hydrogen-bond donors (Lipinski definition) is 2. The van der Waals surface area contributed by atoms with E-state index >= 15 is 0 Å².